The molecule has 0 unspecified atom stereocenters. The van der Waals surface area contributed by atoms with Gasteiger partial charge in [-0.1, -0.05) is 26.2 Å². The van der Waals surface area contributed by atoms with Crippen molar-refractivity contribution in [2.45, 2.75) is 64.9 Å². The van der Waals surface area contributed by atoms with Gasteiger partial charge in [-0.25, -0.2) is 4.98 Å². The predicted octanol–water partition coefficient (Wildman–Crippen LogP) is 3.02. The molecule has 5 heteroatoms. The Morgan fingerprint density at radius 1 is 1.38 bits per heavy atom. The summed E-state index contributed by atoms with van der Waals surface area (Å²) in [5.74, 6) is -0.00966. The van der Waals surface area contributed by atoms with Crippen LogP contribution in [0.2, 0.25) is 0 Å². The fraction of sp³-hybridized carbons (Fsp3) is 0.750. The molecule has 1 saturated carbocycles. The molecule has 1 N–H and O–H groups in total. The molecule has 2 rings (SSSR count). The third-order valence-corrected chi connectivity index (χ3v) is 5.01. The minimum atomic E-state index is -0.00966. The smallest absolute Gasteiger partial charge is 0.246 e. The summed E-state index contributed by atoms with van der Waals surface area (Å²) < 4.78 is 5.66. The molecule has 0 spiro atoms. The Morgan fingerprint density at radius 3 is 2.81 bits per heavy atom. The van der Waals surface area contributed by atoms with Crippen molar-refractivity contribution >= 4 is 17.2 Å². The van der Waals surface area contributed by atoms with Crippen LogP contribution in [-0.4, -0.2) is 30.1 Å². The number of thiazole rings is 1. The van der Waals surface area contributed by atoms with Gasteiger partial charge in [-0.2, -0.15) is 0 Å². The number of hydrogen-bond acceptors (Lipinski definition) is 4. The summed E-state index contributed by atoms with van der Waals surface area (Å²) in [6.45, 7) is 5.07. The van der Waals surface area contributed by atoms with E-state index >= 15 is 0 Å². The number of amides is 1. The Hall–Kier alpha value is -0.940. The van der Waals surface area contributed by atoms with Crippen molar-refractivity contribution in [1.29, 1.82) is 0 Å². The molecule has 0 saturated heterocycles. The first-order chi connectivity index (χ1) is 10.2. The van der Waals surface area contributed by atoms with Crippen LogP contribution in [0.3, 0.4) is 0 Å². The van der Waals surface area contributed by atoms with Gasteiger partial charge in [-0.3, -0.25) is 4.79 Å². The van der Waals surface area contributed by atoms with E-state index in [1.807, 2.05) is 0 Å². The van der Waals surface area contributed by atoms with E-state index in [1.54, 1.807) is 11.3 Å². The molecule has 118 valence electrons. The summed E-state index contributed by atoms with van der Waals surface area (Å²) >= 11 is 1.73. The lowest BCUT2D eigenvalue weighted by atomic mass is 9.98. The lowest BCUT2D eigenvalue weighted by Crippen LogP contribution is -2.31. The average molecular weight is 310 g/mol. The molecule has 0 aromatic carbocycles. The number of carbonyl (C=O) groups excluding carboxylic acids is 1. The third kappa shape index (κ3) is 5.40. The second-order valence-electron chi connectivity index (χ2n) is 5.64. The van der Waals surface area contributed by atoms with E-state index in [0.717, 1.165) is 30.7 Å². The van der Waals surface area contributed by atoms with Crippen LogP contribution < -0.4 is 5.32 Å². The van der Waals surface area contributed by atoms with Crippen LogP contribution in [0.4, 0.5) is 0 Å². The number of rotatable bonds is 7. The quantitative estimate of drug-likeness (QED) is 0.842. The van der Waals surface area contributed by atoms with E-state index in [-0.39, 0.29) is 12.5 Å². The van der Waals surface area contributed by atoms with Gasteiger partial charge in [0, 0.05) is 17.8 Å². The number of aryl methyl sites for hydroxylation is 2. The molecular formula is C16H26N2O2S. The van der Waals surface area contributed by atoms with Gasteiger partial charge < -0.3 is 10.1 Å². The van der Waals surface area contributed by atoms with Crippen molar-refractivity contribution < 1.29 is 9.53 Å². The molecule has 0 atom stereocenters. The van der Waals surface area contributed by atoms with Crippen LogP contribution in [-0.2, 0) is 22.4 Å². The zero-order chi connectivity index (χ0) is 15.1. The summed E-state index contributed by atoms with van der Waals surface area (Å²) in [5, 5.41) is 4.03. The van der Waals surface area contributed by atoms with Crippen LogP contribution in [0.15, 0.2) is 0 Å². The highest BCUT2D eigenvalue weighted by Gasteiger charge is 2.15. The standard InChI is InChI=1S/C16H26N2O2S/c1-3-14-12(2)21-16(18-14)9-10-17-15(19)11-20-13-7-5-4-6-8-13/h13H,3-11H2,1-2H3,(H,17,19). The van der Waals surface area contributed by atoms with E-state index in [9.17, 15) is 4.79 Å². The number of nitrogens with one attached hydrogen (secondary N) is 1. The van der Waals surface area contributed by atoms with Gasteiger partial charge in [-0.15, -0.1) is 11.3 Å². The monoisotopic (exact) mass is 310 g/mol. The lowest BCUT2D eigenvalue weighted by molar-refractivity contribution is -0.128. The molecule has 0 aliphatic heterocycles. The fourth-order valence-electron chi connectivity index (χ4n) is 2.71. The minimum Gasteiger partial charge on any atom is -0.368 e. The Bertz CT molecular complexity index is 453. The highest BCUT2D eigenvalue weighted by atomic mass is 32.1. The molecular weight excluding hydrogens is 284 g/mol. The Balaban J connectivity index is 1.62. The lowest BCUT2D eigenvalue weighted by Gasteiger charge is -2.21. The van der Waals surface area contributed by atoms with Gasteiger partial charge in [-0.05, 0) is 26.2 Å². The van der Waals surface area contributed by atoms with Crippen molar-refractivity contribution in [3.8, 4) is 0 Å². The normalized spacial score (nSPS) is 16.1. The Morgan fingerprint density at radius 2 is 2.14 bits per heavy atom. The molecule has 0 radical (unpaired) electrons. The molecule has 1 aliphatic carbocycles. The van der Waals surface area contributed by atoms with Gasteiger partial charge in [0.15, 0.2) is 0 Å². The van der Waals surface area contributed by atoms with Crippen LogP contribution >= 0.6 is 11.3 Å². The maximum absolute atomic E-state index is 11.8. The van der Waals surface area contributed by atoms with Gasteiger partial charge >= 0.3 is 0 Å². The van der Waals surface area contributed by atoms with Crippen LogP contribution in [0, 0.1) is 6.92 Å². The van der Waals surface area contributed by atoms with Gasteiger partial charge in [0.1, 0.15) is 6.61 Å². The van der Waals surface area contributed by atoms with E-state index in [1.165, 1.54) is 29.8 Å². The van der Waals surface area contributed by atoms with E-state index in [0.29, 0.717) is 12.6 Å². The zero-order valence-corrected chi connectivity index (χ0v) is 13.9. The first kappa shape index (κ1) is 16.4. The zero-order valence-electron chi connectivity index (χ0n) is 13.1. The highest BCUT2D eigenvalue weighted by Crippen LogP contribution is 2.20. The molecule has 0 bridgehead atoms. The minimum absolute atomic E-state index is 0.00966. The summed E-state index contributed by atoms with van der Waals surface area (Å²) in [7, 11) is 0. The van der Waals surface area contributed by atoms with Crippen LogP contribution in [0.1, 0.15) is 54.6 Å². The second kappa shape index (κ2) is 8.49. The second-order valence-corrected chi connectivity index (χ2v) is 6.92. The molecule has 4 nitrogen and oxygen atoms in total. The molecule has 1 fully saturated rings. The fourth-order valence-corrected chi connectivity index (χ4v) is 3.73. The average Bonchev–Trinajstić information content (AvgIpc) is 2.86. The molecule has 1 heterocycles. The van der Waals surface area contributed by atoms with Gasteiger partial charge in [0.05, 0.1) is 16.8 Å². The summed E-state index contributed by atoms with van der Waals surface area (Å²) in [6.07, 6.45) is 8.05. The molecule has 1 aromatic heterocycles. The largest absolute Gasteiger partial charge is 0.368 e. The first-order valence-electron chi connectivity index (χ1n) is 8.02. The maximum atomic E-state index is 11.8. The summed E-state index contributed by atoms with van der Waals surface area (Å²) in [4.78, 5) is 17.6. The number of carbonyl (C=O) groups is 1. The number of aromatic nitrogens is 1. The van der Waals surface area contributed by atoms with E-state index in [2.05, 4.69) is 24.1 Å². The Kier molecular flexibility index (Phi) is 6.64. The molecule has 21 heavy (non-hydrogen) atoms. The molecule has 1 amide bonds. The maximum Gasteiger partial charge on any atom is 0.246 e. The number of ether oxygens (including phenoxy) is 1. The topological polar surface area (TPSA) is 51.2 Å². The van der Waals surface area contributed by atoms with Crippen molar-refractivity contribution in [2.75, 3.05) is 13.2 Å². The summed E-state index contributed by atoms with van der Waals surface area (Å²) in [5.41, 5.74) is 1.18. The first-order valence-corrected chi connectivity index (χ1v) is 8.84. The molecule has 1 aromatic rings. The highest BCUT2D eigenvalue weighted by molar-refractivity contribution is 7.11. The van der Waals surface area contributed by atoms with Crippen LogP contribution in [0.25, 0.3) is 0 Å². The van der Waals surface area contributed by atoms with Crippen molar-refractivity contribution in [3.63, 3.8) is 0 Å². The summed E-state index contributed by atoms with van der Waals surface area (Å²) in [6, 6.07) is 0. The molecule has 1 aliphatic rings. The SMILES string of the molecule is CCc1nc(CCNC(=O)COC2CCCCC2)sc1C. The van der Waals surface area contributed by atoms with Gasteiger partial charge in [0.2, 0.25) is 5.91 Å². The van der Waals surface area contributed by atoms with Crippen molar-refractivity contribution in [1.82, 2.24) is 10.3 Å². The van der Waals surface area contributed by atoms with E-state index in [4.69, 9.17) is 4.74 Å². The number of nitrogens with zero attached hydrogens (tertiary/aromatic N) is 1. The van der Waals surface area contributed by atoms with Crippen molar-refractivity contribution in [3.05, 3.63) is 15.6 Å². The van der Waals surface area contributed by atoms with E-state index < -0.39 is 0 Å². The third-order valence-electron chi connectivity index (χ3n) is 3.94. The Labute approximate surface area is 131 Å². The van der Waals surface area contributed by atoms with Crippen molar-refractivity contribution in [2.24, 2.45) is 0 Å². The number of hydrogen-bond donors (Lipinski definition) is 1. The predicted molar refractivity (Wildman–Crippen MR) is 85.8 cm³/mol. The van der Waals surface area contributed by atoms with Crippen LogP contribution in [0.5, 0.6) is 0 Å². The van der Waals surface area contributed by atoms with Gasteiger partial charge in [0.25, 0.3) is 0 Å².